The third-order valence-electron chi connectivity index (χ3n) is 3.69. The van der Waals surface area contributed by atoms with E-state index in [1.54, 1.807) is 13.8 Å². The van der Waals surface area contributed by atoms with Crippen molar-refractivity contribution in [3.05, 3.63) is 0 Å². The molecule has 1 rings (SSSR count). The lowest BCUT2D eigenvalue weighted by atomic mass is 9.99. The van der Waals surface area contributed by atoms with Crippen LogP contribution in [0.15, 0.2) is 5.10 Å². The number of rotatable bonds is 8. The van der Waals surface area contributed by atoms with Gasteiger partial charge in [0.2, 0.25) is 5.37 Å². The van der Waals surface area contributed by atoms with Gasteiger partial charge in [0.05, 0.1) is 12.6 Å². The highest BCUT2D eigenvalue weighted by molar-refractivity contribution is 8.15. The van der Waals surface area contributed by atoms with Crippen molar-refractivity contribution in [1.29, 1.82) is 0 Å². The van der Waals surface area contributed by atoms with E-state index < -0.39 is 35.3 Å². The van der Waals surface area contributed by atoms with Gasteiger partial charge in [-0.2, -0.15) is 5.10 Å². The van der Waals surface area contributed by atoms with Crippen LogP contribution in [-0.4, -0.2) is 57.1 Å². The number of hydrazone groups is 1. The normalized spacial score (nSPS) is 19.7. The van der Waals surface area contributed by atoms with Gasteiger partial charge in [-0.15, -0.1) is 0 Å². The summed E-state index contributed by atoms with van der Waals surface area (Å²) in [6, 6.07) is -1.40. The fourth-order valence-electron chi connectivity index (χ4n) is 2.35. The highest BCUT2D eigenvalue weighted by Gasteiger charge is 2.42. The molecule has 0 aliphatic carbocycles. The molecule has 8 nitrogen and oxygen atoms in total. The number of hydrogen-bond acceptors (Lipinski definition) is 7. The molecule has 0 aromatic carbocycles. The largest absolute Gasteiger partial charge is 0.479 e. The Hall–Kier alpha value is -1.61. The zero-order valence-corrected chi connectivity index (χ0v) is 17.1. The van der Waals surface area contributed by atoms with Gasteiger partial charge in [0, 0.05) is 5.41 Å². The third-order valence-corrected chi connectivity index (χ3v) is 5.23. The minimum absolute atomic E-state index is 0.256. The number of amides is 1. The molecule has 0 saturated carbocycles. The molecule has 0 aromatic heterocycles. The van der Waals surface area contributed by atoms with Crippen LogP contribution in [0.25, 0.3) is 0 Å². The fourth-order valence-corrected chi connectivity index (χ4v) is 3.40. The van der Waals surface area contributed by atoms with E-state index in [1.807, 2.05) is 27.7 Å². The molecule has 0 bridgehead atoms. The van der Waals surface area contributed by atoms with Gasteiger partial charge in [0.25, 0.3) is 5.91 Å². The number of nitrogens with zero attached hydrogens (tertiary/aromatic N) is 2. The molecule has 0 spiro atoms. The maximum Gasteiger partial charge on any atom is 0.339 e. The molecule has 9 heteroatoms. The maximum atomic E-state index is 12.8. The monoisotopic (exact) mass is 387 g/mol. The van der Waals surface area contributed by atoms with Gasteiger partial charge in [-0.25, -0.2) is 9.80 Å². The van der Waals surface area contributed by atoms with Gasteiger partial charge in [-0.05, 0) is 20.3 Å². The average molecular weight is 388 g/mol. The molecule has 0 unspecified atom stereocenters. The lowest BCUT2D eigenvalue weighted by Crippen LogP contribution is -2.51. The Kier molecular flexibility index (Phi) is 8.08. The molecule has 1 heterocycles. The second-order valence-corrected chi connectivity index (χ2v) is 8.20. The quantitative estimate of drug-likeness (QED) is 0.614. The summed E-state index contributed by atoms with van der Waals surface area (Å²) in [5.74, 6) is -2.04. The summed E-state index contributed by atoms with van der Waals surface area (Å²) in [6.45, 7) is 11.2. The number of carboxylic acids is 1. The van der Waals surface area contributed by atoms with Crippen LogP contribution in [-0.2, 0) is 19.1 Å². The first-order chi connectivity index (χ1) is 12.0. The summed E-state index contributed by atoms with van der Waals surface area (Å²) in [6.07, 6.45) is 1.26. The molecule has 1 aliphatic rings. The molecule has 0 aromatic rings. The molecular weight excluding hydrogens is 358 g/mol. The molecule has 3 atom stereocenters. The molecule has 0 radical (unpaired) electrons. The Bertz CT molecular complexity index is 573. The number of carboxylic acid groups (broad SMARTS) is 1. The van der Waals surface area contributed by atoms with Crippen molar-refractivity contribution >= 4 is 34.7 Å². The van der Waals surface area contributed by atoms with Gasteiger partial charge < -0.3 is 9.84 Å². The Morgan fingerprint density at radius 2 is 1.96 bits per heavy atom. The fraction of sp³-hybridized carbons (Fsp3) is 0.765. The highest BCUT2D eigenvalue weighted by Crippen LogP contribution is 2.35. The smallest absolute Gasteiger partial charge is 0.339 e. The molecule has 1 aliphatic heterocycles. The summed E-state index contributed by atoms with van der Waals surface area (Å²) in [7, 11) is 0. The van der Waals surface area contributed by atoms with Crippen LogP contribution in [0.1, 0.15) is 54.4 Å². The zero-order chi connectivity index (χ0) is 20.1. The Morgan fingerprint density at radius 1 is 1.35 bits per heavy atom. The highest BCUT2D eigenvalue weighted by atomic mass is 32.2. The Balaban J connectivity index is 2.94. The van der Waals surface area contributed by atoms with Crippen molar-refractivity contribution in [2.24, 2.45) is 10.5 Å². The first-order valence-electron chi connectivity index (χ1n) is 8.77. The summed E-state index contributed by atoms with van der Waals surface area (Å²) in [4.78, 5) is 36.4. The predicted octanol–water partition coefficient (Wildman–Crippen LogP) is 2.04. The van der Waals surface area contributed by atoms with Gasteiger partial charge in [-0.1, -0.05) is 45.9 Å². The van der Waals surface area contributed by atoms with Crippen LogP contribution < -0.4 is 5.32 Å². The van der Waals surface area contributed by atoms with E-state index in [0.717, 1.165) is 23.2 Å². The van der Waals surface area contributed by atoms with Gasteiger partial charge >= 0.3 is 11.9 Å². The number of thioether (sulfide) groups is 1. The van der Waals surface area contributed by atoms with Crippen LogP contribution in [0.2, 0.25) is 0 Å². The van der Waals surface area contributed by atoms with Crippen LogP contribution in [0, 0.1) is 5.41 Å². The van der Waals surface area contributed by atoms with E-state index in [1.165, 1.54) is 0 Å². The summed E-state index contributed by atoms with van der Waals surface area (Å²) in [5, 5.41) is 17.1. The van der Waals surface area contributed by atoms with E-state index in [9.17, 15) is 19.5 Å². The molecular formula is C17H29N3O5S. The zero-order valence-electron chi connectivity index (χ0n) is 16.2. The van der Waals surface area contributed by atoms with Gasteiger partial charge in [-0.3, -0.25) is 14.9 Å². The van der Waals surface area contributed by atoms with E-state index >= 15 is 0 Å². The van der Waals surface area contributed by atoms with Gasteiger partial charge in [0.1, 0.15) is 11.1 Å². The van der Waals surface area contributed by atoms with Crippen molar-refractivity contribution in [2.45, 2.75) is 71.8 Å². The van der Waals surface area contributed by atoms with E-state index in [0.29, 0.717) is 11.5 Å². The third kappa shape index (κ3) is 5.70. The molecule has 0 saturated heterocycles. The molecule has 1 amide bonds. The number of aliphatic carboxylic acids is 1. The van der Waals surface area contributed by atoms with E-state index in [-0.39, 0.29) is 12.0 Å². The van der Waals surface area contributed by atoms with E-state index in [4.69, 9.17) is 4.74 Å². The van der Waals surface area contributed by atoms with Crippen molar-refractivity contribution in [3.8, 4) is 0 Å². The summed E-state index contributed by atoms with van der Waals surface area (Å²) >= 11 is 1.06. The minimum Gasteiger partial charge on any atom is -0.479 e. The SMILES string of the molecule is CCC[C@@H](N[C@@H](C)C(=O)N1N=C(C(C)(C)C)S[C@H]1C(=O)O)C(=O)OCC. The summed E-state index contributed by atoms with van der Waals surface area (Å²) in [5.41, 5.74) is -0.361. The lowest BCUT2D eigenvalue weighted by molar-refractivity contribution is -0.149. The molecule has 0 fully saturated rings. The van der Waals surface area contributed by atoms with E-state index in [2.05, 4.69) is 10.4 Å². The van der Waals surface area contributed by atoms with Gasteiger partial charge in [0.15, 0.2) is 0 Å². The van der Waals surface area contributed by atoms with Crippen LogP contribution >= 0.6 is 11.8 Å². The first-order valence-corrected chi connectivity index (χ1v) is 9.65. The molecule has 26 heavy (non-hydrogen) atoms. The second kappa shape index (κ2) is 9.36. The Morgan fingerprint density at radius 3 is 2.42 bits per heavy atom. The van der Waals surface area contributed by atoms with Crippen molar-refractivity contribution < 1.29 is 24.2 Å². The van der Waals surface area contributed by atoms with Crippen molar-refractivity contribution in [1.82, 2.24) is 10.3 Å². The minimum atomic E-state index is -1.13. The number of carbonyl (C=O) groups excluding carboxylic acids is 2. The number of hydrogen-bond donors (Lipinski definition) is 2. The Labute approximate surface area is 158 Å². The van der Waals surface area contributed by atoms with Crippen LogP contribution in [0.5, 0.6) is 0 Å². The summed E-state index contributed by atoms with van der Waals surface area (Å²) < 4.78 is 5.03. The first kappa shape index (κ1) is 22.4. The number of carbonyl (C=O) groups is 3. The second-order valence-electron chi connectivity index (χ2n) is 7.13. The van der Waals surface area contributed by atoms with Crippen LogP contribution in [0.4, 0.5) is 0 Å². The van der Waals surface area contributed by atoms with Crippen LogP contribution in [0.3, 0.4) is 0 Å². The molecule has 2 N–H and O–H groups in total. The maximum absolute atomic E-state index is 12.8. The number of nitrogens with one attached hydrogen (secondary N) is 1. The van der Waals surface area contributed by atoms with Crippen molar-refractivity contribution in [2.75, 3.05) is 6.61 Å². The lowest BCUT2D eigenvalue weighted by Gasteiger charge is -2.25. The number of esters is 1. The van der Waals surface area contributed by atoms with Crippen molar-refractivity contribution in [3.63, 3.8) is 0 Å². The average Bonchev–Trinajstić information content (AvgIpc) is 2.99. The topological polar surface area (TPSA) is 108 Å². The standard InChI is InChI=1S/C17H29N3O5S/c1-7-9-11(15(24)25-8-2)18-10(3)12(21)20-13(14(22)23)26-16(19-20)17(4,5)6/h10-11,13,18H,7-9H2,1-6H3,(H,22,23)/t10-,11+,13-/m0/s1. The molecule has 148 valence electrons. The number of ether oxygens (including phenoxy) is 1. The predicted molar refractivity (Wildman–Crippen MR) is 101 cm³/mol.